The molecule has 0 aliphatic heterocycles. The van der Waals surface area contributed by atoms with Crippen LogP contribution in [0.4, 0.5) is 0 Å². The van der Waals surface area contributed by atoms with Crippen molar-refractivity contribution in [2.24, 2.45) is 0 Å². The average Bonchev–Trinajstić information content (AvgIpc) is 2.38. The lowest BCUT2D eigenvalue weighted by Crippen LogP contribution is -2.47. The predicted octanol–water partition coefficient (Wildman–Crippen LogP) is 3.60. The number of hydrogen-bond acceptors (Lipinski definition) is 2. The molecular weight excluding hydrogens is 318 g/mol. The van der Waals surface area contributed by atoms with Crippen LogP contribution in [0, 0.1) is 0 Å². The number of nitrogens with one attached hydrogen (secondary N) is 1. The van der Waals surface area contributed by atoms with Crippen LogP contribution >= 0.6 is 27.5 Å². The predicted molar refractivity (Wildman–Crippen MR) is 77.6 cm³/mol. The quantitative estimate of drug-likeness (QED) is 0.836. The van der Waals surface area contributed by atoms with Gasteiger partial charge < -0.3 is 10.1 Å². The standard InChI is InChI=1S/C13H17BrClNO2/c1-4-13(2,8-15)16-12(17)9-5-6-11(18-3)10(14)7-9/h5-7H,4,8H2,1-3H3,(H,16,17). The van der Waals surface area contributed by atoms with Crippen molar-refractivity contribution in [2.45, 2.75) is 25.8 Å². The summed E-state index contributed by atoms with van der Waals surface area (Å²) in [5.74, 6) is 0.942. The van der Waals surface area contributed by atoms with Crippen LogP contribution in [0.3, 0.4) is 0 Å². The number of methoxy groups -OCH3 is 1. The molecule has 0 spiro atoms. The SMILES string of the molecule is CCC(C)(CCl)NC(=O)c1ccc(OC)c(Br)c1. The number of amides is 1. The first-order chi connectivity index (χ1) is 8.45. The third kappa shape index (κ3) is 3.62. The van der Waals surface area contributed by atoms with Crippen LogP contribution in [-0.2, 0) is 0 Å². The summed E-state index contributed by atoms with van der Waals surface area (Å²) >= 11 is 9.23. The monoisotopic (exact) mass is 333 g/mol. The van der Waals surface area contributed by atoms with Crippen molar-refractivity contribution in [1.82, 2.24) is 5.32 Å². The Balaban J connectivity index is 2.88. The van der Waals surface area contributed by atoms with E-state index >= 15 is 0 Å². The second-order valence-electron chi connectivity index (χ2n) is 4.35. The maximum absolute atomic E-state index is 12.1. The molecule has 5 heteroatoms. The van der Waals surface area contributed by atoms with Crippen molar-refractivity contribution >= 4 is 33.4 Å². The van der Waals surface area contributed by atoms with Crippen LogP contribution in [0.2, 0.25) is 0 Å². The van der Waals surface area contributed by atoms with Gasteiger partial charge in [-0.25, -0.2) is 0 Å². The van der Waals surface area contributed by atoms with Gasteiger partial charge >= 0.3 is 0 Å². The average molecular weight is 335 g/mol. The van der Waals surface area contributed by atoms with Crippen molar-refractivity contribution in [2.75, 3.05) is 13.0 Å². The lowest BCUT2D eigenvalue weighted by atomic mass is 10.0. The zero-order valence-electron chi connectivity index (χ0n) is 10.7. The maximum Gasteiger partial charge on any atom is 0.251 e. The fourth-order valence-electron chi connectivity index (χ4n) is 1.37. The molecule has 0 fully saturated rings. The molecule has 0 radical (unpaired) electrons. The van der Waals surface area contributed by atoms with Gasteiger partial charge in [-0.3, -0.25) is 4.79 Å². The molecule has 0 heterocycles. The molecule has 0 aromatic heterocycles. The van der Waals surface area contributed by atoms with E-state index in [1.165, 1.54) is 0 Å². The molecule has 0 aliphatic carbocycles. The topological polar surface area (TPSA) is 38.3 Å². The Morgan fingerprint density at radius 2 is 2.22 bits per heavy atom. The molecular formula is C13H17BrClNO2. The zero-order chi connectivity index (χ0) is 13.8. The van der Waals surface area contributed by atoms with Gasteiger partial charge in [0.2, 0.25) is 0 Å². The molecule has 1 aromatic carbocycles. The molecule has 100 valence electrons. The van der Waals surface area contributed by atoms with Gasteiger partial charge in [0.15, 0.2) is 0 Å². The molecule has 3 nitrogen and oxygen atoms in total. The molecule has 0 saturated heterocycles. The van der Waals surface area contributed by atoms with Gasteiger partial charge in [-0.2, -0.15) is 0 Å². The number of benzene rings is 1. The molecule has 1 aromatic rings. The summed E-state index contributed by atoms with van der Waals surface area (Å²) in [6.45, 7) is 3.92. The molecule has 1 unspecified atom stereocenters. The van der Waals surface area contributed by atoms with E-state index in [1.54, 1.807) is 25.3 Å². The Morgan fingerprint density at radius 3 is 2.67 bits per heavy atom. The Morgan fingerprint density at radius 1 is 1.56 bits per heavy atom. The highest BCUT2D eigenvalue weighted by Crippen LogP contribution is 2.25. The minimum atomic E-state index is -0.384. The second kappa shape index (κ2) is 6.43. The van der Waals surface area contributed by atoms with Crippen molar-refractivity contribution in [3.8, 4) is 5.75 Å². The summed E-state index contributed by atoms with van der Waals surface area (Å²) in [5, 5.41) is 2.94. The number of alkyl halides is 1. The number of ether oxygens (including phenoxy) is 1. The van der Waals surface area contributed by atoms with Crippen LogP contribution in [0.25, 0.3) is 0 Å². The number of halogens is 2. The summed E-state index contributed by atoms with van der Waals surface area (Å²) in [4.78, 5) is 12.1. The summed E-state index contributed by atoms with van der Waals surface area (Å²) in [5.41, 5.74) is 0.192. The van der Waals surface area contributed by atoms with Gasteiger partial charge in [-0.15, -0.1) is 11.6 Å². The van der Waals surface area contributed by atoms with Gasteiger partial charge in [0, 0.05) is 11.4 Å². The zero-order valence-corrected chi connectivity index (χ0v) is 13.1. The first-order valence-corrected chi connectivity index (χ1v) is 7.00. The van der Waals surface area contributed by atoms with Crippen molar-refractivity contribution in [3.05, 3.63) is 28.2 Å². The number of rotatable bonds is 5. The highest BCUT2D eigenvalue weighted by Gasteiger charge is 2.23. The first-order valence-electron chi connectivity index (χ1n) is 5.67. The summed E-state index contributed by atoms with van der Waals surface area (Å²) in [6, 6.07) is 5.21. The van der Waals surface area contributed by atoms with E-state index < -0.39 is 0 Å². The normalized spacial score (nSPS) is 13.8. The fraction of sp³-hybridized carbons (Fsp3) is 0.462. The van der Waals surface area contributed by atoms with Crippen LogP contribution in [0.5, 0.6) is 5.75 Å². The van der Waals surface area contributed by atoms with E-state index in [0.29, 0.717) is 17.2 Å². The van der Waals surface area contributed by atoms with Gasteiger partial charge in [0.05, 0.1) is 17.1 Å². The Bertz CT molecular complexity index is 433. The number of carbonyl (C=O) groups is 1. The maximum atomic E-state index is 12.1. The van der Waals surface area contributed by atoms with Gasteiger partial charge in [-0.1, -0.05) is 6.92 Å². The van der Waals surface area contributed by atoms with Crippen molar-refractivity contribution in [3.63, 3.8) is 0 Å². The Hall–Kier alpha value is -0.740. The molecule has 0 aliphatic rings. The van der Waals surface area contributed by atoms with Gasteiger partial charge in [-0.05, 0) is 47.5 Å². The van der Waals surface area contributed by atoms with E-state index in [1.807, 2.05) is 13.8 Å². The van der Waals surface area contributed by atoms with E-state index in [9.17, 15) is 4.79 Å². The van der Waals surface area contributed by atoms with Crippen LogP contribution < -0.4 is 10.1 Å². The van der Waals surface area contributed by atoms with Crippen molar-refractivity contribution in [1.29, 1.82) is 0 Å². The smallest absolute Gasteiger partial charge is 0.251 e. The van der Waals surface area contributed by atoms with Crippen LogP contribution in [-0.4, -0.2) is 24.4 Å². The Labute approximate surface area is 121 Å². The highest BCUT2D eigenvalue weighted by atomic mass is 79.9. The first kappa shape index (κ1) is 15.3. The third-order valence-electron chi connectivity index (χ3n) is 2.90. The van der Waals surface area contributed by atoms with E-state index in [4.69, 9.17) is 16.3 Å². The molecule has 1 atom stereocenters. The summed E-state index contributed by atoms with van der Waals surface area (Å²) in [7, 11) is 1.58. The van der Waals surface area contributed by atoms with Crippen molar-refractivity contribution < 1.29 is 9.53 Å². The highest BCUT2D eigenvalue weighted by molar-refractivity contribution is 9.10. The van der Waals surface area contributed by atoms with E-state index in [0.717, 1.165) is 10.9 Å². The van der Waals surface area contributed by atoms with E-state index in [-0.39, 0.29) is 11.4 Å². The molecule has 1 N–H and O–H groups in total. The lowest BCUT2D eigenvalue weighted by Gasteiger charge is -2.27. The third-order valence-corrected chi connectivity index (χ3v) is 4.11. The van der Waals surface area contributed by atoms with Crippen LogP contribution in [0.15, 0.2) is 22.7 Å². The summed E-state index contributed by atoms with van der Waals surface area (Å²) < 4.78 is 5.87. The minimum absolute atomic E-state index is 0.136. The molecule has 1 rings (SSSR count). The van der Waals surface area contributed by atoms with E-state index in [2.05, 4.69) is 21.2 Å². The summed E-state index contributed by atoms with van der Waals surface area (Å²) in [6.07, 6.45) is 0.777. The molecule has 18 heavy (non-hydrogen) atoms. The lowest BCUT2D eigenvalue weighted by molar-refractivity contribution is 0.0912. The second-order valence-corrected chi connectivity index (χ2v) is 5.47. The molecule has 1 amide bonds. The van der Waals surface area contributed by atoms with Gasteiger partial charge in [0.1, 0.15) is 5.75 Å². The molecule has 0 saturated carbocycles. The van der Waals surface area contributed by atoms with Crippen LogP contribution in [0.1, 0.15) is 30.6 Å². The fourth-order valence-corrected chi connectivity index (χ4v) is 2.17. The molecule has 0 bridgehead atoms. The number of hydrogen-bond donors (Lipinski definition) is 1. The Kier molecular flexibility index (Phi) is 5.47. The largest absolute Gasteiger partial charge is 0.496 e. The minimum Gasteiger partial charge on any atom is -0.496 e. The van der Waals surface area contributed by atoms with Gasteiger partial charge in [0.25, 0.3) is 5.91 Å². The number of carbonyl (C=O) groups excluding carboxylic acids is 1.